The smallest absolute Gasteiger partial charge is 0.0295 e. The Morgan fingerprint density at radius 1 is 1.18 bits per heavy atom. The molecule has 1 heterocycles. The lowest BCUT2D eigenvalue weighted by Crippen LogP contribution is -2.58. The molecule has 1 saturated heterocycles. The lowest BCUT2D eigenvalue weighted by Gasteiger charge is -2.48. The van der Waals surface area contributed by atoms with Gasteiger partial charge in [-0.05, 0) is 30.1 Å². The topological polar surface area (TPSA) is 29.3 Å². The van der Waals surface area contributed by atoms with Crippen molar-refractivity contribution in [1.29, 1.82) is 0 Å². The van der Waals surface area contributed by atoms with Gasteiger partial charge in [0.2, 0.25) is 0 Å². The molecule has 0 aliphatic carbocycles. The summed E-state index contributed by atoms with van der Waals surface area (Å²) in [6, 6.07) is 0.810. The second kappa shape index (κ2) is 5.71. The first kappa shape index (κ1) is 15.0. The lowest BCUT2D eigenvalue weighted by molar-refractivity contribution is 0.0245. The molecule has 0 radical (unpaired) electrons. The molecule has 0 saturated carbocycles. The summed E-state index contributed by atoms with van der Waals surface area (Å²) in [4.78, 5) is 2.66. The molecule has 0 amide bonds. The standard InChI is InChI=1S/C15H32N2/c1-7-13(16)14(15(4,5)6)17-9-11(2)8-12(3)10-17/h11-14H,7-10,16H2,1-6H3. The molecule has 0 aromatic carbocycles. The minimum atomic E-state index is 0.270. The summed E-state index contributed by atoms with van der Waals surface area (Å²) in [5.74, 6) is 1.63. The van der Waals surface area contributed by atoms with Gasteiger partial charge in [0.15, 0.2) is 0 Å². The number of nitrogens with two attached hydrogens (primary N) is 1. The average Bonchev–Trinajstić information content (AvgIpc) is 2.13. The predicted molar refractivity (Wildman–Crippen MR) is 76.0 cm³/mol. The summed E-state index contributed by atoms with van der Waals surface area (Å²) in [5, 5.41) is 0. The third-order valence-electron chi connectivity index (χ3n) is 4.05. The van der Waals surface area contributed by atoms with Crippen LogP contribution in [0.2, 0.25) is 0 Å². The molecule has 1 aliphatic rings. The third-order valence-corrected chi connectivity index (χ3v) is 4.05. The predicted octanol–water partition coefficient (Wildman–Crippen LogP) is 3.12. The zero-order valence-electron chi connectivity index (χ0n) is 12.7. The molecule has 0 aromatic rings. The van der Waals surface area contributed by atoms with Crippen LogP contribution in [0.25, 0.3) is 0 Å². The first-order valence-electron chi connectivity index (χ1n) is 7.25. The SMILES string of the molecule is CCC(N)C(N1CC(C)CC(C)C1)C(C)(C)C. The van der Waals surface area contributed by atoms with Gasteiger partial charge in [-0.15, -0.1) is 0 Å². The van der Waals surface area contributed by atoms with E-state index in [-0.39, 0.29) is 5.41 Å². The van der Waals surface area contributed by atoms with Gasteiger partial charge in [0.05, 0.1) is 0 Å². The molecule has 1 rings (SSSR count). The van der Waals surface area contributed by atoms with E-state index in [9.17, 15) is 0 Å². The summed E-state index contributed by atoms with van der Waals surface area (Å²) < 4.78 is 0. The Morgan fingerprint density at radius 3 is 2.00 bits per heavy atom. The van der Waals surface area contributed by atoms with Crippen LogP contribution in [0, 0.1) is 17.3 Å². The van der Waals surface area contributed by atoms with Gasteiger partial charge in [-0.2, -0.15) is 0 Å². The highest BCUT2D eigenvalue weighted by molar-refractivity contribution is 4.93. The van der Waals surface area contributed by atoms with E-state index >= 15 is 0 Å². The van der Waals surface area contributed by atoms with E-state index in [2.05, 4.69) is 46.4 Å². The summed E-state index contributed by atoms with van der Waals surface area (Å²) in [7, 11) is 0. The molecule has 2 N–H and O–H groups in total. The average molecular weight is 240 g/mol. The molecular formula is C15H32N2. The van der Waals surface area contributed by atoms with Crippen LogP contribution in [0.3, 0.4) is 0 Å². The number of hydrogen-bond donors (Lipinski definition) is 1. The van der Waals surface area contributed by atoms with Gasteiger partial charge >= 0.3 is 0 Å². The van der Waals surface area contributed by atoms with Crippen LogP contribution in [-0.2, 0) is 0 Å². The van der Waals surface area contributed by atoms with Gasteiger partial charge < -0.3 is 5.73 Å². The molecule has 2 heteroatoms. The highest BCUT2D eigenvalue weighted by atomic mass is 15.2. The van der Waals surface area contributed by atoms with Crippen LogP contribution >= 0.6 is 0 Å². The van der Waals surface area contributed by atoms with Crippen LogP contribution in [0.1, 0.15) is 54.4 Å². The third kappa shape index (κ3) is 3.96. The molecule has 1 fully saturated rings. The lowest BCUT2D eigenvalue weighted by atomic mass is 9.78. The fourth-order valence-corrected chi connectivity index (χ4v) is 3.62. The van der Waals surface area contributed by atoms with Crippen LogP contribution in [0.15, 0.2) is 0 Å². The quantitative estimate of drug-likeness (QED) is 0.821. The van der Waals surface area contributed by atoms with Gasteiger partial charge in [0.25, 0.3) is 0 Å². The minimum absolute atomic E-state index is 0.270. The maximum atomic E-state index is 6.38. The van der Waals surface area contributed by atoms with Crippen molar-refractivity contribution in [3.63, 3.8) is 0 Å². The molecule has 0 bridgehead atoms. The van der Waals surface area contributed by atoms with Crippen molar-refractivity contribution in [3.05, 3.63) is 0 Å². The maximum absolute atomic E-state index is 6.38. The van der Waals surface area contributed by atoms with E-state index in [1.165, 1.54) is 19.5 Å². The zero-order valence-corrected chi connectivity index (χ0v) is 12.7. The molecule has 1 aliphatic heterocycles. The Morgan fingerprint density at radius 2 is 1.65 bits per heavy atom. The summed E-state index contributed by atoms with van der Waals surface area (Å²) in [6.07, 6.45) is 2.44. The molecule has 4 atom stereocenters. The van der Waals surface area contributed by atoms with E-state index < -0.39 is 0 Å². The van der Waals surface area contributed by atoms with E-state index in [1.54, 1.807) is 0 Å². The van der Waals surface area contributed by atoms with Crippen LogP contribution in [-0.4, -0.2) is 30.1 Å². The molecule has 102 valence electrons. The van der Waals surface area contributed by atoms with Gasteiger partial charge in [0, 0.05) is 25.2 Å². The first-order valence-corrected chi connectivity index (χ1v) is 7.25. The van der Waals surface area contributed by atoms with Crippen LogP contribution in [0.5, 0.6) is 0 Å². The Hall–Kier alpha value is -0.0800. The van der Waals surface area contributed by atoms with E-state index in [4.69, 9.17) is 5.73 Å². The summed E-state index contributed by atoms with van der Waals surface area (Å²) >= 11 is 0. The van der Waals surface area contributed by atoms with Crippen molar-refractivity contribution < 1.29 is 0 Å². The maximum Gasteiger partial charge on any atom is 0.0295 e. The van der Waals surface area contributed by atoms with E-state index in [0.717, 1.165) is 18.3 Å². The first-order chi connectivity index (χ1) is 7.75. The second-order valence-corrected chi connectivity index (χ2v) is 7.28. The van der Waals surface area contributed by atoms with Crippen LogP contribution < -0.4 is 5.73 Å². The molecule has 0 aromatic heterocycles. The zero-order chi connectivity index (χ0) is 13.2. The Balaban J connectivity index is 2.82. The van der Waals surface area contributed by atoms with Gasteiger partial charge in [-0.3, -0.25) is 4.90 Å². The van der Waals surface area contributed by atoms with Crippen molar-refractivity contribution >= 4 is 0 Å². The van der Waals surface area contributed by atoms with Crippen molar-refractivity contribution in [2.45, 2.75) is 66.5 Å². The Labute approximate surface area is 108 Å². The summed E-state index contributed by atoms with van der Waals surface area (Å²) in [6.45, 7) is 16.4. The van der Waals surface area contributed by atoms with Gasteiger partial charge in [0.1, 0.15) is 0 Å². The normalized spacial score (nSPS) is 31.2. The van der Waals surface area contributed by atoms with Crippen molar-refractivity contribution in [2.24, 2.45) is 23.0 Å². The van der Waals surface area contributed by atoms with E-state index in [1.807, 2.05) is 0 Å². The van der Waals surface area contributed by atoms with Gasteiger partial charge in [-0.1, -0.05) is 41.5 Å². The van der Waals surface area contributed by atoms with Crippen molar-refractivity contribution in [2.75, 3.05) is 13.1 Å². The largest absolute Gasteiger partial charge is 0.326 e. The number of hydrogen-bond acceptors (Lipinski definition) is 2. The molecular weight excluding hydrogens is 208 g/mol. The van der Waals surface area contributed by atoms with Crippen LogP contribution in [0.4, 0.5) is 0 Å². The minimum Gasteiger partial charge on any atom is -0.326 e. The Bertz CT molecular complexity index is 222. The number of piperidine rings is 1. The monoisotopic (exact) mass is 240 g/mol. The number of nitrogens with zero attached hydrogens (tertiary/aromatic N) is 1. The highest BCUT2D eigenvalue weighted by Crippen LogP contribution is 2.32. The van der Waals surface area contributed by atoms with Gasteiger partial charge in [-0.25, -0.2) is 0 Å². The number of rotatable bonds is 3. The summed E-state index contributed by atoms with van der Waals surface area (Å²) in [5.41, 5.74) is 6.65. The second-order valence-electron chi connectivity index (χ2n) is 7.28. The van der Waals surface area contributed by atoms with Crippen molar-refractivity contribution in [3.8, 4) is 0 Å². The van der Waals surface area contributed by atoms with Crippen molar-refractivity contribution in [1.82, 2.24) is 4.90 Å². The van der Waals surface area contributed by atoms with E-state index in [0.29, 0.717) is 12.1 Å². The fraction of sp³-hybridized carbons (Fsp3) is 1.00. The highest BCUT2D eigenvalue weighted by Gasteiger charge is 2.37. The number of likely N-dealkylation sites (tertiary alicyclic amines) is 1. The molecule has 17 heavy (non-hydrogen) atoms. The molecule has 4 unspecified atom stereocenters. The molecule has 2 nitrogen and oxygen atoms in total. The fourth-order valence-electron chi connectivity index (χ4n) is 3.62. The molecule has 0 spiro atoms. The Kier molecular flexibility index (Phi) is 5.03.